The van der Waals surface area contributed by atoms with E-state index in [2.05, 4.69) is 71.5 Å². The zero-order valence-corrected chi connectivity index (χ0v) is 21.9. The normalized spacial score (nSPS) is 21.9. The maximum Gasteiger partial charge on any atom is -1.00 e. The Kier molecular flexibility index (Phi) is 12.1. The van der Waals surface area contributed by atoms with E-state index in [-0.39, 0.29) is 37.2 Å². The molecule has 2 rings (SSSR count). The summed E-state index contributed by atoms with van der Waals surface area (Å²) in [6.45, 7) is 14.6. The van der Waals surface area contributed by atoms with Gasteiger partial charge in [-0.25, -0.2) is 0 Å². The van der Waals surface area contributed by atoms with Crippen LogP contribution in [0.2, 0.25) is 17.6 Å². The first-order valence-electron chi connectivity index (χ1n) is 8.47. The molecule has 0 amide bonds. The molecule has 0 bridgehead atoms. The third-order valence-corrected chi connectivity index (χ3v) is 14.9. The summed E-state index contributed by atoms with van der Waals surface area (Å²) in [5, 5.41) is 1.93. The first-order valence-corrected chi connectivity index (χ1v) is 12.4. The molecule has 0 nitrogen and oxygen atoms in total. The molecule has 0 heterocycles. The van der Waals surface area contributed by atoms with Crippen LogP contribution in [0.25, 0.3) is 0 Å². The van der Waals surface area contributed by atoms with E-state index in [0.717, 1.165) is 0 Å². The zero-order chi connectivity index (χ0) is 16.5. The first-order chi connectivity index (χ1) is 10.3. The number of hydrogen-bond donors (Lipinski definition) is 0. The van der Waals surface area contributed by atoms with Crippen molar-refractivity contribution < 1.29 is 61.9 Å². The van der Waals surface area contributed by atoms with Gasteiger partial charge in [0, 0.05) is 0 Å². The van der Waals surface area contributed by atoms with Gasteiger partial charge in [0.05, 0.1) is 0 Å². The number of unbranched alkanes of at least 4 members (excludes halogenated alkanes) is 1. The van der Waals surface area contributed by atoms with Crippen LogP contribution in [0.3, 0.4) is 0 Å². The van der Waals surface area contributed by atoms with Gasteiger partial charge in [0.1, 0.15) is 0 Å². The minimum Gasteiger partial charge on any atom is -1.00 e. The molecule has 25 heavy (non-hydrogen) atoms. The van der Waals surface area contributed by atoms with Gasteiger partial charge in [0.2, 0.25) is 0 Å². The summed E-state index contributed by atoms with van der Waals surface area (Å²) < 4.78 is 1.71. The number of allylic oxidation sites excluding steroid dienone is 4. The summed E-state index contributed by atoms with van der Waals surface area (Å²) >= 11 is 1.61. The molecule has 0 saturated carbocycles. The topological polar surface area (TPSA) is 0 Å². The largest absolute Gasteiger partial charge is 1.00 e. The summed E-state index contributed by atoms with van der Waals surface area (Å²) in [5.41, 5.74) is 4.77. The standard InChI is InChI=1S/C20H29Si.3ClH.Zr/c1-7-8-14-21(6,19-12-10-9-11-13-19)20(5)15-16(2)17(3)18(20)4;;;;/h9-13H,7-8,14H2,1-6H3;3*1H;/q;;;;+3/p-3. The number of rotatable bonds is 5. The van der Waals surface area contributed by atoms with Crippen molar-refractivity contribution in [3.05, 3.63) is 50.3 Å². The molecule has 5 heteroatoms. The summed E-state index contributed by atoms with van der Waals surface area (Å²) in [6.07, 6.45) is 2.64. The number of benzene rings is 1. The van der Waals surface area contributed by atoms with Crippen molar-refractivity contribution >= 4 is 13.3 Å². The summed E-state index contributed by atoms with van der Waals surface area (Å²) in [4.78, 5) is 0. The number of hydrogen-bond acceptors (Lipinski definition) is 0. The van der Waals surface area contributed by atoms with Crippen LogP contribution < -0.4 is 42.4 Å². The molecule has 2 atom stereocenters. The molecular weight excluding hydrogens is 466 g/mol. The Morgan fingerprint density at radius 3 is 1.88 bits per heavy atom. The van der Waals surface area contributed by atoms with E-state index in [9.17, 15) is 0 Å². The van der Waals surface area contributed by atoms with Gasteiger partial charge < -0.3 is 37.2 Å². The molecule has 138 valence electrons. The van der Waals surface area contributed by atoms with E-state index >= 15 is 0 Å². The van der Waals surface area contributed by atoms with E-state index in [1.54, 1.807) is 49.9 Å². The minimum atomic E-state index is -1.64. The molecule has 1 aromatic rings. The molecule has 0 aliphatic heterocycles. The molecule has 1 aliphatic rings. The maximum absolute atomic E-state index is 2.64. The minimum absolute atomic E-state index is 0. The Balaban J connectivity index is 0. The van der Waals surface area contributed by atoms with Crippen LogP contribution in [0.4, 0.5) is 0 Å². The van der Waals surface area contributed by atoms with Crippen LogP contribution in [0.15, 0.2) is 50.3 Å². The molecule has 0 saturated heterocycles. The van der Waals surface area contributed by atoms with Crippen molar-refractivity contribution in [2.45, 2.75) is 65.1 Å². The second-order valence-electron chi connectivity index (χ2n) is 7.18. The molecule has 0 N–H and O–H groups in total. The molecule has 0 spiro atoms. The average molecular weight is 495 g/mol. The van der Waals surface area contributed by atoms with E-state index in [1.165, 1.54) is 18.9 Å². The molecule has 0 aromatic heterocycles. The summed E-state index contributed by atoms with van der Waals surface area (Å²) in [5.74, 6) is 0. The van der Waals surface area contributed by atoms with Gasteiger partial charge in [-0.3, -0.25) is 0 Å². The predicted molar refractivity (Wildman–Crippen MR) is 96.9 cm³/mol. The van der Waals surface area contributed by atoms with Crippen molar-refractivity contribution in [1.82, 2.24) is 0 Å². The van der Waals surface area contributed by atoms with Gasteiger partial charge in [-0.05, 0) is 0 Å². The fraction of sp³-hybridized carbons (Fsp3) is 0.500. The van der Waals surface area contributed by atoms with Gasteiger partial charge >= 0.3 is 153 Å². The fourth-order valence-electron chi connectivity index (χ4n) is 4.12. The van der Waals surface area contributed by atoms with E-state index in [4.69, 9.17) is 0 Å². The Hall–Kier alpha value is 0.670. The Labute approximate surface area is 189 Å². The van der Waals surface area contributed by atoms with Crippen LogP contribution in [-0.4, -0.2) is 8.07 Å². The van der Waals surface area contributed by atoms with E-state index in [1.807, 2.05) is 0 Å². The van der Waals surface area contributed by atoms with Gasteiger partial charge in [0.25, 0.3) is 0 Å². The third-order valence-electron chi connectivity index (χ3n) is 6.29. The molecule has 1 aromatic carbocycles. The smallest absolute Gasteiger partial charge is 1.00 e. The maximum atomic E-state index is 2.64. The van der Waals surface area contributed by atoms with Crippen LogP contribution in [0.5, 0.6) is 0 Å². The Morgan fingerprint density at radius 2 is 1.48 bits per heavy atom. The Morgan fingerprint density at radius 1 is 0.960 bits per heavy atom. The molecule has 1 aliphatic carbocycles. The monoisotopic (exact) mass is 492 g/mol. The molecule has 2 unspecified atom stereocenters. The van der Waals surface area contributed by atoms with Crippen molar-refractivity contribution in [2.24, 2.45) is 0 Å². The van der Waals surface area contributed by atoms with Crippen LogP contribution in [0, 0.1) is 0 Å². The van der Waals surface area contributed by atoms with Gasteiger partial charge in [-0.15, -0.1) is 0 Å². The summed E-state index contributed by atoms with van der Waals surface area (Å²) in [7, 11) is -1.64. The van der Waals surface area contributed by atoms with Crippen molar-refractivity contribution in [3.8, 4) is 0 Å². The zero-order valence-electron chi connectivity index (χ0n) is 16.1. The molecular formula is C20H29Cl3SiZr. The quantitative estimate of drug-likeness (QED) is 0.377. The second-order valence-corrected chi connectivity index (χ2v) is 13.1. The Bertz CT molecular complexity index is 601. The van der Waals surface area contributed by atoms with Crippen molar-refractivity contribution in [1.29, 1.82) is 0 Å². The van der Waals surface area contributed by atoms with Crippen LogP contribution in [-0.2, 0) is 24.7 Å². The molecule has 0 fully saturated rings. The van der Waals surface area contributed by atoms with E-state index in [0.29, 0.717) is 5.04 Å². The van der Waals surface area contributed by atoms with Crippen LogP contribution in [0.1, 0.15) is 47.5 Å². The van der Waals surface area contributed by atoms with Gasteiger partial charge in [-0.1, -0.05) is 0 Å². The van der Waals surface area contributed by atoms with Crippen LogP contribution >= 0.6 is 0 Å². The second kappa shape index (κ2) is 10.9. The SMILES string of the molecule is CCCC[Si](C)(c1ccccc1)C1(C)C(C)=C(C)C(C)=[C]1[Zr+3].[Cl-].[Cl-].[Cl-]. The summed E-state index contributed by atoms with van der Waals surface area (Å²) in [6, 6.07) is 12.8. The third kappa shape index (κ3) is 4.57. The number of halogens is 3. The first kappa shape index (κ1) is 27.9. The van der Waals surface area contributed by atoms with Crippen molar-refractivity contribution in [2.75, 3.05) is 0 Å². The van der Waals surface area contributed by atoms with E-state index < -0.39 is 8.07 Å². The fourth-order valence-corrected chi connectivity index (χ4v) is 12.2. The predicted octanol–water partition coefficient (Wildman–Crippen LogP) is -3.28. The van der Waals surface area contributed by atoms with Gasteiger partial charge in [-0.2, -0.15) is 0 Å². The van der Waals surface area contributed by atoms with Gasteiger partial charge in [0.15, 0.2) is 0 Å². The average Bonchev–Trinajstić information content (AvgIpc) is 2.70. The van der Waals surface area contributed by atoms with Crippen molar-refractivity contribution in [3.63, 3.8) is 0 Å². The molecule has 0 radical (unpaired) electrons.